The van der Waals surface area contributed by atoms with Crippen LogP contribution in [0.5, 0.6) is 0 Å². The van der Waals surface area contributed by atoms with Crippen molar-refractivity contribution >= 4 is 5.97 Å². The van der Waals surface area contributed by atoms with Crippen molar-refractivity contribution in [2.75, 3.05) is 13.7 Å². The molecule has 15 heavy (non-hydrogen) atoms. The summed E-state index contributed by atoms with van der Waals surface area (Å²) >= 11 is 0. The Labute approximate surface area is 90.8 Å². The average Bonchev–Trinajstić information content (AvgIpc) is 2.24. The lowest BCUT2D eigenvalue weighted by Gasteiger charge is -1.89. The van der Waals surface area contributed by atoms with E-state index in [4.69, 9.17) is 5.11 Å². The molecule has 0 aliphatic rings. The van der Waals surface area contributed by atoms with Gasteiger partial charge in [0.25, 0.3) is 0 Å². The Kier molecular flexibility index (Phi) is 23.6. The zero-order chi connectivity index (χ0) is 11.2. The standard InChI is InChI=1S/C6H6.C4H8O2.CH4O.H2O/c1-2-4-6-5-3-1;1-3-6-4(2)5;1-2;/h1-6H;3H2,1-2H3;2H,1H3;1H2. The molecule has 0 saturated heterocycles. The third kappa shape index (κ3) is 24.5. The van der Waals surface area contributed by atoms with Gasteiger partial charge in [0.05, 0.1) is 6.61 Å². The van der Waals surface area contributed by atoms with E-state index in [9.17, 15) is 4.79 Å². The topological polar surface area (TPSA) is 78.0 Å². The second-order valence-corrected chi connectivity index (χ2v) is 2.08. The fourth-order valence-corrected chi connectivity index (χ4v) is 0.588. The van der Waals surface area contributed by atoms with Gasteiger partial charge >= 0.3 is 5.97 Å². The maximum absolute atomic E-state index is 9.82. The predicted molar refractivity (Wildman–Crippen MR) is 60.5 cm³/mol. The number of ether oxygens (including phenoxy) is 1. The summed E-state index contributed by atoms with van der Waals surface area (Å²) in [5, 5.41) is 7.00. The molecular formula is C11H20O4. The minimum Gasteiger partial charge on any atom is -0.466 e. The van der Waals surface area contributed by atoms with Crippen LogP contribution in [0, 0.1) is 0 Å². The summed E-state index contributed by atoms with van der Waals surface area (Å²) in [4.78, 5) is 9.82. The first kappa shape index (κ1) is 19.2. The molecule has 0 bridgehead atoms. The summed E-state index contributed by atoms with van der Waals surface area (Å²) in [6, 6.07) is 12.0. The summed E-state index contributed by atoms with van der Waals surface area (Å²) in [6.45, 7) is 3.65. The van der Waals surface area contributed by atoms with Crippen molar-refractivity contribution in [3.8, 4) is 0 Å². The third-order valence-corrected chi connectivity index (χ3v) is 1.01. The number of rotatable bonds is 1. The van der Waals surface area contributed by atoms with Gasteiger partial charge in [-0.3, -0.25) is 4.79 Å². The van der Waals surface area contributed by atoms with Gasteiger partial charge < -0.3 is 15.3 Å². The average molecular weight is 216 g/mol. The van der Waals surface area contributed by atoms with Crippen LogP contribution in [-0.2, 0) is 9.53 Å². The number of hydrogen-bond donors (Lipinski definition) is 1. The van der Waals surface area contributed by atoms with E-state index in [-0.39, 0.29) is 11.4 Å². The van der Waals surface area contributed by atoms with Gasteiger partial charge in [-0.15, -0.1) is 0 Å². The van der Waals surface area contributed by atoms with E-state index in [1.165, 1.54) is 6.92 Å². The van der Waals surface area contributed by atoms with Crippen LogP contribution >= 0.6 is 0 Å². The van der Waals surface area contributed by atoms with E-state index >= 15 is 0 Å². The molecule has 0 aliphatic carbocycles. The van der Waals surface area contributed by atoms with Crippen LogP contribution in [0.15, 0.2) is 36.4 Å². The van der Waals surface area contributed by atoms with E-state index in [0.29, 0.717) is 6.61 Å². The molecule has 0 amide bonds. The number of carbonyl (C=O) groups is 1. The molecule has 0 heterocycles. The molecule has 4 nitrogen and oxygen atoms in total. The molecule has 0 aliphatic heterocycles. The first-order valence-electron chi connectivity index (χ1n) is 4.35. The second kappa shape index (κ2) is 18.4. The molecule has 0 spiro atoms. The Balaban J connectivity index is -0.000000156. The lowest BCUT2D eigenvalue weighted by molar-refractivity contribution is -0.140. The third-order valence-electron chi connectivity index (χ3n) is 1.01. The van der Waals surface area contributed by atoms with Gasteiger partial charge in [-0.25, -0.2) is 0 Å². The van der Waals surface area contributed by atoms with E-state index in [1.54, 1.807) is 6.92 Å². The SMILES string of the molecule is CCOC(C)=O.CO.O.c1ccccc1. The van der Waals surface area contributed by atoms with E-state index in [0.717, 1.165) is 7.11 Å². The first-order chi connectivity index (χ1) is 6.77. The molecule has 0 unspecified atom stereocenters. The molecule has 0 aromatic heterocycles. The summed E-state index contributed by atoms with van der Waals surface area (Å²) in [5.74, 6) is -0.211. The Hall–Kier alpha value is -1.39. The lowest BCUT2D eigenvalue weighted by atomic mass is 10.4. The van der Waals surface area contributed by atoms with Gasteiger partial charge in [0.2, 0.25) is 0 Å². The van der Waals surface area contributed by atoms with Crippen LogP contribution in [0.1, 0.15) is 13.8 Å². The molecule has 0 saturated carbocycles. The lowest BCUT2D eigenvalue weighted by Crippen LogP contribution is -1.95. The van der Waals surface area contributed by atoms with Crippen LogP contribution < -0.4 is 0 Å². The molecule has 88 valence electrons. The van der Waals surface area contributed by atoms with E-state index < -0.39 is 0 Å². The van der Waals surface area contributed by atoms with Gasteiger partial charge in [0.15, 0.2) is 0 Å². The summed E-state index contributed by atoms with van der Waals surface area (Å²) < 4.78 is 4.40. The molecule has 0 radical (unpaired) electrons. The van der Waals surface area contributed by atoms with Gasteiger partial charge in [-0.2, -0.15) is 0 Å². The molecular weight excluding hydrogens is 196 g/mol. The van der Waals surface area contributed by atoms with E-state index in [1.807, 2.05) is 36.4 Å². The molecule has 1 rings (SSSR count). The quantitative estimate of drug-likeness (QED) is 0.712. The van der Waals surface area contributed by atoms with Gasteiger partial charge in [-0.05, 0) is 6.92 Å². The normalized spacial score (nSPS) is 6.67. The number of hydrogen-bond acceptors (Lipinski definition) is 3. The molecule has 1 aromatic carbocycles. The Morgan fingerprint density at radius 2 is 1.33 bits per heavy atom. The summed E-state index contributed by atoms with van der Waals surface area (Å²) in [7, 11) is 1.00. The van der Waals surface area contributed by atoms with Crippen molar-refractivity contribution in [3.05, 3.63) is 36.4 Å². The highest BCUT2D eigenvalue weighted by molar-refractivity contribution is 5.65. The monoisotopic (exact) mass is 216 g/mol. The highest BCUT2D eigenvalue weighted by Crippen LogP contribution is 1.79. The van der Waals surface area contributed by atoms with Crippen LogP contribution in [0.25, 0.3) is 0 Å². The fourth-order valence-electron chi connectivity index (χ4n) is 0.588. The van der Waals surface area contributed by atoms with Gasteiger partial charge in [0.1, 0.15) is 0 Å². The fraction of sp³-hybridized carbons (Fsp3) is 0.364. The maximum Gasteiger partial charge on any atom is 0.302 e. The highest BCUT2D eigenvalue weighted by atomic mass is 16.5. The van der Waals surface area contributed by atoms with Crippen molar-refractivity contribution in [2.24, 2.45) is 0 Å². The smallest absolute Gasteiger partial charge is 0.302 e. The molecule has 4 heteroatoms. The van der Waals surface area contributed by atoms with Crippen molar-refractivity contribution in [1.82, 2.24) is 0 Å². The molecule has 0 atom stereocenters. The van der Waals surface area contributed by atoms with Crippen LogP contribution in [0.3, 0.4) is 0 Å². The van der Waals surface area contributed by atoms with Crippen molar-refractivity contribution in [3.63, 3.8) is 0 Å². The van der Waals surface area contributed by atoms with E-state index in [2.05, 4.69) is 4.74 Å². The van der Waals surface area contributed by atoms with Crippen LogP contribution in [0.2, 0.25) is 0 Å². The number of aliphatic hydroxyl groups excluding tert-OH is 1. The molecule has 0 fully saturated rings. The first-order valence-corrected chi connectivity index (χ1v) is 4.35. The number of aliphatic hydroxyl groups is 1. The summed E-state index contributed by atoms with van der Waals surface area (Å²) in [5.41, 5.74) is 0. The minimum atomic E-state index is -0.211. The zero-order valence-corrected chi connectivity index (χ0v) is 9.43. The van der Waals surface area contributed by atoms with Gasteiger partial charge in [0, 0.05) is 14.0 Å². The van der Waals surface area contributed by atoms with Gasteiger partial charge in [-0.1, -0.05) is 36.4 Å². The largest absolute Gasteiger partial charge is 0.466 e. The van der Waals surface area contributed by atoms with Crippen LogP contribution in [-0.4, -0.2) is 30.3 Å². The Bertz CT molecular complexity index is 172. The predicted octanol–water partition coefficient (Wildman–Crippen LogP) is 1.04. The molecule has 3 N–H and O–H groups in total. The Morgan fingerprint density at radius 3 is 1.40 bits per heavy atom. The van der Waals surface area contributed by atoms with Crippen LogP contribution in [0.4, 0.5) is 0 Å². The van der Waals surface area contributed by atoms with Crippen molar-refractivity contribution in [1.29, 1.82) is 0 Å². The number of esters is 1. The van der Waals surface area contributed by atoms with Crippen molar-refractivity contribution < 1.29 is 20.1 Å². The maximum atomic E-state index is 9.82. The second-order valence-electron chi connectivity index (χ2n) is 2.08. The zero-order valence-electron chi connectivity index (χ0n) is 9.43. The Morgan fingerprint density at radius 1 is 1.07 bits per heavy atom. The number of benzene rings is 1. The highest BCUT2D eigenvalue weighted by Gasteiger charge is 1.81. The minimum absolute atomic E-state index is 0. The molecule has 1 aromatic rings. The van der Waals surface area contributed by atoms with Crippen molar-refractivity contribution in [2.45, 2.75) is 13.8 Å². The number of carbonyl (C=O) groups excluding carboxylic acids is 1. The summed E-state index contributed by atoms with van der Waals surface area (Å²) in [6.07, 6.45) is 0.